The summed E-state index contributed by atoms with van der Waals surface area (Å²) in [6, 6.07) is 4.95. The molecule has 0 saturated carbocycles. The highest BCUT2D eigenvalue weighted by Gasteiger charge is 2.27. The molecule has 1 amide bonds. The lowest BCUT2D eigenvalue weighted by Crippen LogP contribution is -2.30. The van der Waals surface area contributed by atoms with Gasteiger partial charge in [-0.1, -0.05) is 24.6 Å². The number of carbonyl (C=O) groups is 2. The van der Waals surface area contributed by atoms with Crippen molar-refractivity contribution in [3.8, 4) is 0 Å². The second kappa shape index (κ2) is 7.47. The van der Waals surface area contributed by atoms with Gasteiger partial charge in [0, 0.05) is 11.6 Å². The van der Waals surface area contributed by atoms with E-state index in [1.807, 2.05) is 6.92 Å². The molecule has 1 aromatic carbocycles. The van der Waals surface area contributed by atoms with Gasteiger partial charge in [0.2, 0.25) is 0 Å². The van der Waals surface area contributed by atoms with Crippen LogP contribution in [0.1, 0.15) is 51.5 Å². The maximum absolute atomic E-state index is 13.3. The third kappa shape index (κ3) is 3.45. The minimum absolute atomic E-state index is 0.0568. The normalized spacial score (nSPS) is 14.6. The second-order valence-corrected chi connectivity index (χ2v) is 6.41. The maximum Gasteiger partial charge on any atom is 0.352 e. The first-order valence-electron chi connectivity index (χ1n) is 8.21. The van der Waals surface area contributed by atoms with Gasteiger partial charge < -0.3 is 19.7 Å². The van der Waals surface area contributed by atoms with Crippen LogP contribution in [0.25, 0.3) is 0 Å². The zero-order valence-electron chi connectivity index (χ0n) is 14.1. The van der Waals surface area contributed by atoms with E-state index in [0.717, 1.165) is 0 Å². The monoisotopic (exact) mass is 380 g/mol. The molecular weight excluding hydrogens is 363 g/mol. The molecule has 0 aliphatic carbocycles. The molecule has 1 atom stereocenters. The molecule has 6 nitrogen and oxygen atoms in total. The molecule has 2 N–H and O–H groups in total. The highest BCUT2D eigenvalue weighted by molar-refractivity contribution is 6.31. The van der Waals surface area contributed by atoms with Crippen molar-refractivity contribution in [3.63, 3.8) is 0 Å². The van der Waals surface area contributed by atoms with Crippen LogP contribution >= 0.6 is 11.6 Å². The third-order valence-electron chi connectivity index (χ3n) is 4.42. The smallest absolute Gasteiger partial charge is 0.352 e. The number of rotatable bonds is 5. The van der Waals surface area contributed by atoms with Crippen molar-refractivity contribution in [3.05, 3.63) is 57.6 Å². The fourth-order valence-electron chi connectivity index (χ4n) is 3.12. The summed E-state index contributed by atoms with van der Waals surface area (Å²) in [4.78, 5) is 24.2. The predicted octanol–water partition coefficient (Wildman–Crippen LogP) is 3.39. The molecule has 0 unspecified atom stereocenters. The number of hydrogen-bond donors (Lipinski definition) is 2. The number of halogens is 2. The Balaban J connectivity index is 1.90. The fraction of sp³-hybridized carbons (Fsp3) is 0.333. The second-order valence-electron chi connectivity index (χ2n) is 6.00. The van der Waals surface area contributed by atoms with Gasteiger partial charge in [0.05, 0.1) is 30.5 Å². The lowest BCUT2D eigenvalue weighted by atomic mass is 10.0. The van der Waals surface area contributed by atoms with Gasteiger partial charge in [-0.25, -0.2) is 9.18 Å². The molecule has 26 heavy (non-hydrogen) atoms. The van der Waals surface area contributed by atoms with Crippen molar-refractivity contribution in [1.82, 2.24) is 9.88 Å². The van der Waals surface area contributed by atoms with Gasteiger partial charge in [-0.15, -0.1) is 0 Å². The van der Waals surface area contributed by atoms with E-state index in [1.165, 1.54) is 24.3 Å². The number of carbonyl (C=O) groups excluding carboxylic acids is 1. The SMILES string of the molecule is CC[C@@H](NC(=O)c1cc(C(=O)O)n2c1COCC2)c1ccc(F)cc1Cl. The first-order chi connectivity index (χ1) is 12.4. The van der Waals surface area contributed by atoms with Crippen molar-refractivity contribution in [1.29, 1.82) is 0 Å². The van der Waals surface area contributed by atoms with Crippen LogP contribution in [0.2, 0.25) is 5.02 Å². The Hall–Kier alpha value is -2.38. The highest BCUT2D eigenvalue weighted by Crippen LogP contribution is 2.27. The van der Waals surface area contributed by atoms with Crippen molar-refractivity contribution < 1.29 is 23.8 Å². The summed E-state index contributed by atoms with van der Waals surface area (Å²) in [7, 11) is 0. The van der Waals surface area contributed by atoms with E-state index in [4.69, 9.17) is 16.3 Å². The lowest BCUT2D eigenvalue weighted by Gasteiger charge is -2.21. The number of aromatic nitrogens is 1. The van der Waals surface area contributed by atoms with E-state index in [0.29, 0.717) is 30.8 Å². The molecule has 0 fully saturated rings. The van der Waals surface area contributed by atoms with Gasteiger partial charge in [-0.05, 0) is 30.2 Å². The number of nitrogens with one attached hydrogen (secondary N) is 1. The minimum atomic E-state index is -1.10. The van der Waals surface area contributed by atoms with Crippen molar-refractivity contribution in [2.24, 2.45) is 0 Å². The molecule has 0 bridgehead atoms. The lowest BCUT2D eigenvalue weighted by molar-refractivity contribution is 0.0642. The summed E-state index contributed by atoms with van der Waals surface area (Å²) in [6.45, 7) is 2.81. The van der Waals surface area contributed by atoms with Crippen molar-refractivity contribution >= 4 is 23.5 Å². The van der Waals surface area contributed by atoms with Crippen LogP contribution in [-0.4, -0.2) is 28.2 Å². The Bertz CT molecular complexity index is 865. The molecule has 8 heteroatoms. The number of nitrogens with zero attached hydrogens (tertiary/aromatic N) is 1. The number of fused-ring (bicyclic) bond motifs is 1. The van der Waals surface area contributed by atoms with Gasteiger partial charge in [0.1, 0.15) is 11.5 Å². The standard InChI is InChI=1S/C18H18ClFN2O4/c1-2-14(11-4-3-10(20)7-13(11)19)21-17(23)12-8-15(18(24)25)22-5-6-26-9-16(12)22/h3-4,7-8,14H,2,5-6,9H2,1H3,(H,21,23)(H,24,25)/t14-/m1/s1. The molecular formula is C18H18ClFN2O4. The molecule has 0 saturated heterocycles. The quantitative estimate of drug-likeness (QED) is 0.833. The van der Waals surface area contributed by atoms with Crippen molar-refractivity contribution in [2.45, 2.75) is 32.5 Å². The topological polar surface area (TPSA) is 80.6 Å². The molecule has 0 spiro atoms. The number of aromatic carboxylic acids is 1. The number of hydrogen-bond acceptors (Lipinski definition) is 3. The van der Waals surface area contributed by atoms with E-state index >= 15 is 0 Å². The Labute approximate surface area is 154 Å². The molecule has 3 rings (SSSR count). The molecule has 2 heterocycles. The van der Waals surface area contributed by atoms with Gasteiger partial charge in [0.25, 0.3) is 5.91 Å². The van der Waals surface area contributed by atoms with Crippen LogP contribution in [0.4, 0.5) is 4.39 Å². The summed E-state index contributed by atoms with van der Waals surface area (Å²) in [5.74, 6) is -1.97. The zero-order chi connectivity index (χ0) is 18.8. The summed E-state index contributed by atoms with van der Waals surface area (Å²) in [5.41, 5.74) is 1.46. The van der Waals surface area contributed by atoms with Crippen LogP contribution in [0.15, 0.2) is 24.3 Å². The number of amides is 1. The summed E-state index contributed by atoms with van der Waals surface area (Å²) in [6.07, 6.45) is 0.537. The van der Waals surface area contributed by atoms with Crippen LogP contribution < -0.4 is 5.32 Å². The summed E-state index contributed by atoms with van der Waals surface area (Å²) >= 11 is 6.10. The van der Waals surface area contributed by atoms with Gasteiger partial charge >= 0.3 is 5.97 Å². The van der Waals surface area contributed by atoms with Crippen LogP contribution in [0, 0.1) is 5.82 Å². The van der Waals surface area contributed by atoms with E-state index in [2.05, 4.69) is 5.32 Å². The number of carboxylic acids is 1. The average Bonchev–Trinajstić information content (AvgIpc) is 3.00. The van der Waals surface area contributed by atoms with Gasteiger partial charge in [-0.2, -0.15) is 0 Å². The number of carboxylic acid groups (broad SMARTS) is 1. The molecule has 2 aromatic rings. The Morgan fingerprint density at radius 3 is 2.85 bits per heavy atom. The molecule has 138 valence electrons. The minimum Gasteiger partial charge on any atom is -0.477 e. The largest absolute Gasteiger partial charge is 0.477 e. The number of benzene rings is 1. The van der Waals surface area contributed by atoms with E-state index in [-0.39, 0.29) is 22.9 Å². The van der Waals surface area contributed by atoms with Crippen molar-refractivity contribution in [2.75, 3.05) is 6.61 Å². The third-order valence-corrected chi connectivity index (χ3v) is 4.75. The summed E-state index contributed by atoms with van der Waals surface area (Å²) in [5, 5.41) is 12.4. The Morgan fingerprint density at radius 1 is 1.42 bits per heavy atom. The maximum atomic E-state index is 13.3. The first-order valence-corrected chi connectivity index (χ1v) is 8.59. The first kappa shape index (κ1) is 18.4. The van der Waals surface area contributed by atoms with Gasteiger partial charge in [-0.3, -0.25) is 4.79 Å². The Morgan fingerprint density at radius 2 is 2.19 bits per heavy atom. The summed E-state index contributed by atoms with van der Waals surface area (Å²) < 4.78 is 20.2. The molecule has 1 aliphatic heterocycles. The Kier molecular flexibility index (Phi) is 5.29. The molecule has 1 aromatic heterocycles. The fourth-order valence-corrected chi connectivity index (χ4v) is 3.42. The van der Waals surface area contributed by atoms with E-state index in [9.17, 15) is 19.1 Å². The van der Waals surface area contributed by atoms with Gasteiger partial charge in [0.15, 0.2) is 0 Å². The van der Waals surface area contributed by atoms with Crippen LogP contribution in [0.3, 0.4) is 0 Å². The van der Waals surface area contributed by atoms with Crippen LogP contribution in [0.5, 0.6) is 0 Å². The zero-order valence-corrected chi connectivity index (χ0v) is 14.8. The average molecular weight is 381 g/mol. The van der Waals surface area contributed by atoms with Crippen LogP contribution in [-0.2, 0) is 17.9 Å². The van der Waals surface area contributed by atoms with E-state index in [1.54, 1.807) is 4.57 Å². The molecule has 1 aliphatic rings. The highest BCUT2D eigenvalue weighted by atomic mass is 35.5. The van der Waals surface area contributed by atoms with E-state index < -0.39 is 23.7 Å². The predicted molar refractivity (Wildman–Crippen MR) is 93.0 cm³/mol. The number of ether oxygens (including phenoxy) is 1. The molecule has 0 radical (unpaired) electrons.